The highest BCUT2D eigenvalue weighted by atomic mass is 14.9. The van der Waals surface area contributed by atoms with Crippen molar-refractivity contribution in [2.24, 2.45) is 0 Å². The van der Waals surface area contributed by atoms with Gasteiger partial charge in [-0.25, -0.2) is 0 Å². The van der Waals surface area contributed by atoms with E-state index in [0.717, 1.165) is 11.8 Å². The van der Waals surface area contributed by atoms with Gasteiger partial charge in [0.05, 0.1) is 0 Å². The van der Waals surface area contributed by atoms with Gasteiger partial charge in [-0.2, -0.15) is 0 Å². The van der Waals surface area contributed by atoms with Crippen LogP contribution in [0.25, 0.3) is 0 Å². The molecule has 3 rings (SSSR count). The standard InChI is InChI=1S/C13H18N2/c1-2-11(1)13-9-12(5-8-15-13)10-3-6-14-7-4-10/h5,8-11,14H,1-4,6-7H2. The fourth-order valence-electron chi connectivity index (χ4n) is 2.48. The summed E-state index contributed by atoms with van der Waals surface area (Å²) in [5.74, 6) is 1.55. The maximum Gasteiger partial charge on any atom is 0.0437 e. The van der Waals surface area contributed by atoms with Crippen molar-refractivity contribution in [3.8, 4) is 0 Å². The summed E-state index contributed by atoms with van der Waals surface area (Å²) in [5, 5.41) is 3.42. The molecule has 80 valence electrons. The van der Waals surface area contributed by atoms with E-state index in [4.69, 9.17) is 0 Å². The summed E-state index contributed by atoms with van der Waals surface area (Å²) in [6, 6.07) is 4.56. The zero-order valence-corrected chi connectivity index (χ0v) is 9.08. The lowest BCUT2D eigenvalue weighted by Gasteiger charge is -2.23. The van der Waals surface area contributed by atoms with Crippen molar-refractivity contribution in [1.82, 2.24) is 10.3 Å². The zero-order valence-electron chi connectivity index (χ0n) is 9.08. The zero-order chi connectivity index (χ0) is 10.1. The lowest BCUT2D eigenvalue weighted by Crippen LogP contribution is -2.26. The second-order valence-corrected chi connectivity index (χ2v) is 4.81. The smallest absolute Gasteiger partial charge is 0.0437 e. The first-order valence-corrected chi connectivity index (χ1v) is 6.10. The number of aromatic nitrogens is 1. The van der Waals surface area contributed by atoms with Gasteiger partial charge in [-0.1, -0.05) is 0 Å². The van der Waals surface area contributed by atoms with E-state index < -0.39 is 0 Å². The van der Waals surface area contributed by atoms with Crippen LogP contribution in [0.1, 0.15) is 48.8 Å². The van der Waals surface area contributed by atoms with Crippen LogP contribution >= 0.6 is 0 Å². The number of nitrogens with one attached hydrogen (secondary N) is 1. The van der Waals surface area contributed by atoms with E-state index in [0.29, 0.717) is 0 Å². The summed E-state index contributed by atoms with van der Waals surface area (Å²) in [6.07, 6.45) is 7.28. The van der Waals surface area contributed by atoms with E-state index in [-0.39, 0.29) is 0 Å². The van der Waals surface area contributed by atoms with Crippen LogP contribution in [0.5, 0.6) is 0 Å². The summed E-state index contributed by atoms with van der Waals surface area (Å²) < 4.78 is 0. The Bertz CT molecular complexity index is 338. The summed E-state index contributed by atoms with van der Waals surface area (Å²) in [4.78, 5) is 4.48. The van der Waals surface area contributed by atoms with Crippen LogP contribution < -0.4 is 5.32 Å². The van der Waals surface area contributed by atoms with Crippen LogP contribution in [-0.4, -0.2) is 18.1 Å². The minimum Gasteiger partial charge on any atom is -0.317 e. The summed E-state index contributed by atoms with van der Waals surface area (Å²) in [6.45, 7) is 2.34. The molecule has 2 fully saturated rings. The van der Waals surface area contributed by atoms with Crippen molar-refractivity contribution in [2.75, 3.05) is 13.1 Å². The predicted molar refractivity (Wildman–Crippen MR) is 61.1 cm³/mol. The second-order valence-electron chi connectivity index (χ2n) is 4.81. The summed E-state index contributed by atoms with van der Waals surface area (Å²) in [5.41, 5.74) is 2.86. The van der Waals surface area contributed by atoms with Gasteiger partial charge in [0.15, 0.2) is 0 Å². The van der Waals surface area contributed by atoms with Crippen molar-refractivity contribution < 1.29 is 0 Å². The Morgan fingerprint density at radius 1 is 1.07 bits per heavy atom. The van der Waals surface area contributed by atoms with Gasteiger partial charge in [0.1, 0.15) is 0 Å². The van der Waals surface area contributed by atoms with Gasteiger partial charge in [-0.3, -0.25) is 4.98 Å². The molecule has 2 nitrogen and oxygen atoms in total. The maximum absolute atomic E-state index is 4.48. The molecule has 0 radical (unpaired) electrons. The molecule has 1 saturated heterocycles. The van der Waals surface area contributed by atoms with E-state index in [1.807, 2.05) is 6.20 Å². The molecule has 0 atom stereocenters. The maximum atomic E-state index is 4.48. The Morgan fingerprint density at radius 3 is 2.60 bits per heavy atom. The van der Waals surface area contributed by atoms with E-state index in [2.05, 4.69) is 22.4 Å². The number of piperidine rings is 1. The average molecular weight is 202 g/mol. The van der Waals surface area contributed by atoms with Gasteiger partial charge >= 0.3 is 0 Å². The van der Waals surface area contributed by atoms with Crippen molar-refractivity contribution in [3.05, 3.63) is 29.6 Å². The topological polar surface area (TPSA) is 24.9 Å². The highest BCUT2D eigenvalue weighted by Gasteiger charge is 2.25. The van der Waals surface area contributed by atoms with E-state index >= 15 is 0 Å². The molecule has 1 aromatic heterocycles. The van der Waals surface area contributed by atoms with Gasteiger partial charge < -0.3 is 5.32 Å². The fraction of sp³-hybridized carbons (Fsp3) is 0.615. The highest BCUT2D eigenvalue weighted by molar-refractivity contribution is 5.25. The number of hydrogen-bond donors (Lipinski definition) is 1. The van der Waals surface area contributed by atoms with Gasteiger partial charge in [-0.05, 0) is 62.4 Å². The Morgan fingerprint density at radius 2 is 1.87 bits per heavy atom. The molecule has 2 aliphatic rings. The molecule has 0 amide bonds. The number of hydrogen-bond acceptors (Lipinski definition) is 2. The third kappa shape index (κ3) is 2.05. The molecule has 1 saturated carbocycles. The van der Waals surface area contributed by atoms with Gasteiger partial charge in [0.25, 0.3) is 0 Å². The molecule has 2 heteroatoms. The molecular weight excluding hydrogens is 184 g/mol. The average Bonchev–Trinajstić information content (AvgIpc) is 3.14. The molecule has 15 heavy (non-hydrogen) atoms. The summed E-state index contributed by atoms with van der Waals surface area (Å²) >= 11 is 0. The minimum atomic E-state index is 0.770. The van der Waals surface area contributed by atoms with Crippen molar-refractivity contribution in [1.29, 1.82) is 0 Å². The molecule has 0 spiro atoms. The van der Waals surface area contributed by atoms with E-state index in [9.17, 15) is 0 Å². The molecule has 0 aromatic carbocycles. The van der Waals surface area contributed by atoms with Crippen LogP contribution in [0.4, 0.5) is 0 Å². The normalized spacial score (nSPS) is 22.9. The molecule has 1 aliphatic carbocycles. The molecular formula is C13H18N2. The number of rotatable bonds is 2. The molecule has 0 bridgehead atoms. The van der Waals surface area contributed by atoms with Crippen LogP contribution in [0, 0.1) is 0 Å². The van der Waals surface area contributed by atoms with E-state index in [1.54, 1.807) is 0 Å². The van der Waals surface area contributed by atoms with Crippen molar-refractivity contribution in [3.63, 3.8) is 0 Å². The molecule has 1 N–H and O–H groups in total. The quantitative estimate of drug-likeness (QED) is 0.796. The Labute approximate surface area is 91.1 Å². The Kier molecular flexibility index (Phi) is 2.45. The molecule has 0 unspecified atom stereocenters. The monoisotopic (exact) mass is 202 g/mol. The van der Waals surface area contributed by atoms with Gasteiger partial charge in [-0.15, -0.1) is 0 Å². The van der Waals surface area contributed by atoms with Crippen molar-refractivity contribution >= 4 is 0 Å². The van der Waals surface area contributed by atoms with Crippen molar-refractivity contribution in [2.45, 2.75) is 37.5 Å². The SMILES string of the molecule is c1cc(C2CCNCC2)cc(C2CC2)n1. The first kappa shape index (κ1) is 9.34. The van der Waals surface area contributed by atoms with E-state index in [1.165, 1.54) is 50.0 Å². The first-order valence-electron chi connectivity index (χ1n) is 6.10. The van der Waals surface area contributed by atoms with Crippen LogP contribution in [0.3, 0.4) is 0 Å². The van der Waals surface area contributed by atoms with Crippen LogP contribution in [0.2, 0.25) is 0 Å². The van der Waals surface area contributed by atoms with Crippen LogP contribution in [0.15, 0.2) is 18.3 Å². The second kappa shape index (κ2) is 3.93. The molecule has 1 aliphatic heterocycles. The molecule has 1 aromatic rings. The minimum absolute atomic E-state index is 0.770. The first-order chi connectivity index (χ1) is 7.43. The predicted octanol–water partition coefficient (Wildman–Crippen LogP) is 2.43. The third-order valence-electron chi connectivity index (χ3n) is 3.61. The Balaban J connectivity index is 1.80. The summed E-state index contributed by atoms with van der Waals surface area (Å²) in [7, 11) is 0. The third-order valence-corrected chi connectivity index (χ3v) is 3.61. The number of nitrogens with zero attached hydrogens (tertiary/aromatic N) is 1. The highest BCUT2D eigenvalue weighted by Crippen LogP contribution is 2.40. The fourth-order valence-corrected chi connectivity index (χ4v) is 2.48. The van der Waals surface area contributed by atoms with Crippen LogP contribution in [-0.2, 0) is 0 Å². The molecule has 2 heterocycles. The largest absolute Gasteiger partial charge is 0.317 e. The number of pyridine rings is 1. The lowest BCUT2D eigenvalue weighted by molar-refractivity contribution is 0.460. The Hall–Kier alpha value is -0.890. The lowest BCUT2D eigenvalue weighted by atomic mass is 9.90. The van der Waals surface area contributed by atoms with Gasteiger partial charge in [0.2, 0.25) is 0 Å². The van der Waals surface area contributed by atoms with Gasteiger partial charge in [0, 0.05) is 17.8 Å².